The molecule has 96 heavy (non-hydrogen) atoms. The summed E-state index contributed by atoms with van der Waals surface area (Å²) in [4.78, 5) is 55.0. The van der Waals surface area contributed by atoms with Gasteiger partial charge in [-0.05, 0) is 211 Å². The van der Waals surface area contributed by atoms with Crippen LogP contribution in [0.25, 0.3) is 43.6 Å². The summed E-state index contributed by atoms with van der Waals surface area (Å²) in [6, 6.07) is 51.9. The van der Waals surface area contributed by atoms with Crippen LogP contribution in [0.4, 0.5) is 0 Å². The molecule has 4 fully saturated rings. The van der Waals surface area contributed by atoms with E-state index in [4.69, 9.17) is 0 Å². The minimum Gasteiger partial charge on any atom is -0.345 e. The molecule has 0 spiro atoms. The first-order valence-electron chi connectivity index (χ1n) is 35.7. The Morgan fingerprint density at radius 2 is 0.771 bits per heavy atom. The van der Waals surface area contributed by atoms with Gasteiger partial charge in [0.05, 0.1) is 11.0 Å². The van der Waals surface area contributed by atoms with Gasteiger partial charge in [0.15, 0.2) is 0 Å². The molecule has 4 aromatic heterocycles. The molecule has 0 aliphatic carbocycles. The quantitative estimate of drug-likeness (QED) is 0.0734. The number of aromatic nitrogens is 4. The van der Waals surface area contributed by atoms with Gasteiger partial charge in [-0.1, -0.05) is 72.8 Å². The van der Waals surface area contributed by atoms with Gasteiger partial charge in [-0.25, -0.2) is 0 Å². The molecule has 0 unspecified atom stereocenters. The number of hydrogen-bond donors (Lipinski definition) is 0. The van der Waals surface area contributed by atoms with Crippen molar-refractivity contribution >= 4 is 55.4 Å². The van der Waals surface area contributed by atoms with Crippen molar-refractivity contribution in [3.63, 3.8) is 0 Å². The Labute approximate surface area is 569 Å². The lowest BCUT2D eigenvalue weighted by molar-refractivity contribution is 0.0632. The van der Waals surface area contributed by atoms with E-state index in [1.165, 1.54) is 167 Å². The normalized spacial score (nSPS) is 16.7. The van der Waals surface area contributed by atoms with Crippen molar-refractivity contribution < 1.29 is 9.59 Å². The van der Waals surface area contributed by atoms with Gasteiger partial charge in [0.2, 0.25) is 0 Å². The molecule has 14 rings (SSSR count). The number of nitrogens with zero attached hydrogens (tertiary/aromatic N) is 12. The summed E-state index contributed by atoms with van der Waals surface area (Å²) < 4.78 is 5.04. The van der Waals surface area contributed by atoms with Crippen LogP contribution in [0, 0.1) is 27.7 Å². The van der Waals surface area contributed by atoms with Crippen LogP contribution in [0.15, 0.2) is 158 Å². The monoisotopic (exact) mass is 1280 g/mol. The predicted octanol–water partition coefficient (Wildman–Crippen LogP) is 12.1. The van der Waals surface area contributed by atoms with Crippen LogP contribution in [-0.2, 0) is 38.8 Å². The second-order valence-corrected chi connectivity index (χ2v) is 28.0. The first-order valence-corrected chi connectivity index (χ1v) is 35.7. The minimum absolute atomic E-state index is 0.142. The van der Waals surface area contributed by atoms with Gasteiger partial charge in [-0.3, -0.25) is 29.4 Å². The van der Waals surface area contributed by atoms with Gasteiger partial charge in [-0.15, -0.1) is 0 Å². The molecule has 500 valence electrons. The molecule has 0 saturated carbocycles. The average molecular weight is 1290 g/mol. The number of rotatable bonds is 20. The predicted molar refractivity (Wildman–Crippen MR) is 394 cm³/mol. The zero-order chi connectivity index (χ0) is 66.1. The highest BCUT2D eigenvalue weighted by Gasteiger charge is 2.25. The van der Waals surface area contributed by atoms with Crippen LogP contribution in [0.3, 0.4) is 0 Å². The van der Waals surface area contributed by atoms with Gasteiger partial charge in [0.25, 0.3) is 11.8 Å². The van der Waals surface area contributed by atoms with Crippen LogP contribution in [0.2, 0.25) is 0 Å². The Balaban J connectivity index is 0.000000174. The summed E-state index contributed by atoms with van der Waals surface area (Å²) in [7, 11) is 4.44. The maximum Gasteiger partial charge on any atom is 0.253 e. The lowest BCUT2D eigenvalue weighted by Crippen LogP contribution is -2.49. The average Bonchev–Trinajstić information content (AvgIpc) is 1.63. The fourth-order valence-corrected chi connectivity index (χ4v) is 15.1. The first-order chi connectivity index (χ1) is 46.8. The van der Waals surface area contributed by atoms with E-state index in [0.717, 1.165) is 126 Å². The largest absolute Gasteiger partial charge is 0.345 e. The Hall–Kier alpha value is -8.08. The van der Waals surface area contributed by atoms with Crippen LogP contribution >= 0.6 is 0 Å². The highest BCUT2D eigenvalue weighted by molar-refractivity contribution is 5.95. The molecule has 0 radical (unpaired) electrons. The molecule has 10 aromatic rings. The third kappa shape index (κ3) is 16.1. The third-order valence-electron chi connectivity index (χ3n) is 21.6. The molecule has 4 saturated heterocycles. The summed E-state index contributed by atoms with van der Waals surface area (Å²) in [5.74, 6) is 0.288. The van der Waals surface area contributed by atoms with Crippen LogP contribution in [0.1, 0.15) is 89.5 Å². The summed E-state index contributed by atoms with van der Waals surface area (Å²) in [5, 5.41) is 5.08. The number of fused-ring (bicyclic) bond motifs is 4. The molecule has 0 bridgehead atoms. The zero-order valence-electron chi connectivity index (χ0n) is 58.0. The van der Waals surface area contributed by atoms with Crippen LogP contribution in [0.5, 0.6) is 0 Å². The van der Waals surface area contributed by atoms with Gasteiger partial charge in [0, 0.05) is 198 Å². The fraction of sp³-hybridized carbons (Fsp3) is 0.415. The number of aryl methyl sites for hydroxylation is 4. The Kier molecular flexibility index (Phi) is 21.5. The molecule has 4 aliphatic heterocycles. The Morgan fingerprint density at radius 3 is 1.25 bits per heavy atom. The fourth-order valence-electron chi connectivity index (χ4n) is 15.1. The van der Waals surface area contributed by atoms with Crippen molar-refractivity contribution in [3.05, 3.63) is 225 Å². The molecule has 8 heterocycles. The first kappa shape index (κ1) is 66.5. The number of benzene rings is 6. The highest BCUT2D eigenvalue weighted by Crippen LogP contribution is 2.30. The van der Waals surface area contributed by atoms with E-state index in [1.807, 2.05) is 58.6 Å². The number of piperazine rings is 4. The van der Waals surface area contributed by atoms with E-state index < -0.39 is 0 Å². The molecule has 14 nitrogen and oxygen atoms in total. The standard InChI is InChI=1S/2C41H50N6O/c1-31-32(2)47(17-6-16-44-21-19-43(3)20-22-44)40-13-11-35(29-38(31)40)27-34-7-4-8-37(28-34)41(48)46-25-23-45(24-26-46)18-14-33-10-12-36-9-5-15-42-39(36)30-33;1-31-32(2)47(18-5-17-44-22-20-43(3)21-23-44)40-14-10-35(29-38(31)40)28-33-8-12-37(13-9-33)41(48)46-26-24-45(25-27-46)19-15-34-7-11-36-6-4-16-42-39(36)30-34/h4-5,7-13,15,28-30H,6,14,16-27H2,1-3H3;4,6-14,16,29-30H,5,15,17-28H2,1-3H3. The Morgan fingerprint density at radius 1 is 0.365 bits per heavy atom. The Bertz CT molecular complexity index is 4290. The maximum atomic E-state index is 13.6. The molecule has 0 N–H and O–H groups in total. The highest BCUT2D eigenvalue weighted by atomic mass is 16.2. The molecule has 6 aromatic carbocycles. The summed E-state index contributed by atoms with van der Waals surface area (Å²) in [5.41, 5.74) is 19.6. The van der Waals surface area contributed by atoms with Gasteiger partial charge in [-0.2, -0.15) is 0 Å². The van der Waals surface area contributed by atoms with Gasteiger partial charge < -0.3 is 38.5 Å². The van der Waals surface area contributed by atoms with Gasteiger partial charge in [0.1, 0.15) is 0 Å². The van der Waals surface area contributed by atoms with Crippen molar-refractivity contribution in [1.29, 1.82) is 0 Å². The van der Waals surface area contributed by atoms with E-state index in [0.29, 0.717) is 0 Å². The van der Waals surface area contributed by atoms with Gasteiger partial charge >= 0.3 is 0 Å². The molecular formula is C82H100N12O2. The van der Waals surface area contributed by atoms with Crippen molar-refractivity contribution in [3.8, 4) is 0 Å². The summed E-state index contributed by atoms with van der Waals surface area (Å²) >= 11 is 0. The minimum atomic E-state index is 0.142. The molecule has 14 heteroatoms. The summed E-state index contributed by atoms with van der Waals surface area (Å²) in [6.07, 6.45) is 9.75. The number of pyridine rings is 2. The van der Waals surface area contributed by atoms with Crippen molar-refractivity contribution in [2.45, 2.75) is 79.3 Å². The van der Waals surface area contributed by atoms with E-state index >= 15 is 0 Å². The van der Waals surface area contributed by atoms with E-state index in [-0.39, 0.29) is 11.8 Å². The smallest absolute Gasteiger partial charge is 0.253 e. The topological polar surface area (TPSA) is 95.7 Å². The third-order valence-corrected chi connectivity index (χ3v) is 21.6. The number of carbonyl (C=O) groups excluding carboxylic acids is 2. The zero-order valence-corrected chi connectivity index (χ0v) is 58.0. The van der Waals surface area contributed by atoms with Crippen LogP contribution < -0.4 is 0 Å². The van der Waals surface area contributed by atoms with Crippen molar-refractivity contribution in [2.75, 3.05) is 145 Å². The SMILES string of the molecule is Cc1c(C)n(CCCN2CCN(C)CC2)c2ccc(Cc3ccc(C(=O)N4CCN(CCc5ccc6cccnc6c5)CC4)cc3)cc12.Cc1c(C)n(CCCN2CCN(C)CC2)c2ccc(Cc3cccc(C(=O)N4CCN(CCc5ccc6cccnc6c5)CC4)c3)cc12. The molecular weight excluding hydrogens is 1180 g/mol. The maximum absolute atomic E-state index is 13.6. The number of amides is 2. The lowest BCUT2D eigenvalue weighted by Gasteiger charge is -2.34. The van der Waals surface area contributed by atoms with Crippen molar-refractivity contribution in [1.82, 2.24) is 58.3 Å². The molecule has 0 atom stereocenters. The lowest BCUT2D eigenvalue weighted by atomic mass is 10.0. The van der Waals surface area contributed by atoms with Crippen molar-refractivity contribution in [2.24, 2.45) is 0 Å². The number of hydrogen-bond acceptors (Lipinski definition) is 10. The molecule has 2 amide bonds. The number of carbonyl (C=O) groups is 2. The summed E-state index contributed by atoms with van der Waals surface area (Å²) in [6.45, 7) is 31.7. The second kappa shape index (κ2) is 31.0. The van der Waals surface area contributed by atoms with Crippen LogP contribution in [-0.4, -0.2) is 215 Å². The van der Waals surface area contributed by atoms with E-state index in [1.54, 1.807) is 0 Å². The van der Waals surface area contributed by atoms with E-state index in [9.17, 15) is 9.59 Å². The number of likely N-dealkylation sites (N-methyl/N-ethyl adjacent to an activating group) is 2. The second-order valence-electron chi connectivity index (χ2n) is 28.0. The van der Waals surface area contributed by atoms with E-state index in [2.05, 4.69) is 199 Å². The molecule has 4 aliphatic rings.